The molecule has 96 valence electrons. The Hall–Kier alpha value is -1.39. The SMILES string of the molecule is CC(C)C(O)CNc1nnc(Cl)c2ccccc12. The molecule has 0 aliphatic rings. The average Bonchev–Trinajstić information content (AvgIpc) is 2.38. The second-order valence-corrected chi connectivity index (χ2v) is 4.94. The predicted octanol–water partition coefficient (Wildman–Crippen LogP) is 2.71. The van der Waals surface area contributed by atoms with Crippen molar-refractivity contribution in [1.82, 2.24) is 10.2 Å². The maximum absolute atomic E-state index is 9.78. The van der Waals surface area contributed by atoms with Gasteiger partial charge in [-0.15, -0.1) is 10.2 Å². The van der Waals surface area contributed by atoms with Gasteiger partial charge in [0.05, 0.1) is 6.10 Å². The molecule has 2 aromatic rings. The fourth-order valence-corrected chi connectivity index (χ4v) is 1.84. The summed E-state index contributed by atoms with van der Waals surface area (Å²) in [6.45, 7) is 4.38. The number of halogens is 1. The van der Waals surface area contributed by atoms with Crippen LogP contribution in [0.3, 0.4) is 0 Å². The van der Waals surface area contributed by atoms with Crippen molar-refractivity contribution in [2.75, 3.05) is 11.9 Å². The van der Waals surface area contributed by atoms with Crippen molar-refractivity contribution in [3.05, 3.63) is 29.4 Å². The number of aromatic nitrogens is 2. The van der Waals surface area contributed by atoms with E-state index in [0.717, 1.165) is 10.8 Å². The van der Waals surface area contributed by atoms with E-state index < -0.39 is 6.10 Å². The lowest BCUT2D eigenvalue weighted by Gasteiger charge is -2.16. The molecule has 1 atom stereocenters. The Kier molecular flexibility index (Phi) is 3.99. The third-order valence-corrected chi connectivity index (χ3v) is 3.17. The van der Waals surface area contributed by atoms with Gasteiger partial charge in [-0.2, -0.15) is 0 Å². The van der Waals surface area contributed by atoms with Crippen LogP contribution in [-0.2, 0) is 0 Å². The number of anilines is 1. The monoisotopic (exact) mass is 265 g/mol. The van der Waals surface area contributed by atoms with Gasteiger partial charge >= 0.3 is 0 Å². The minimum atomic E-state index is -0.416. The molecule has 5 heteroatoms. The normalized spacial score (nSPS) is 12.9. The van der Waals surface area contributed by atoms with Gasteiger partial charge in [-0.1, -0.05) is 49.7 Å². The highest BCUT2D eigenvalue weighted by Gasteiger charge is 2.11. The zero-order valence-electron chi connectivity index (χ0n) is 10.4. The van der Waals surface area contributed by atoms with E-state index in [4.69, 9.17) is 11.6 Å². The Bertz CT molecular complexity index is 545. The third-order valence-electron chi connectivity index (χ3n) is 2.89. The van der Waals surface area contributed by atoms with E-state index in [1.54, 1.807) is 0 Å². The van der Waals surface area contributed by atoms with E-state index in [-0.39, 0.29) is 5.92 Å². The van der Waals surface area contributed by atoms with Crippen molar-refractivity contribution < 1.29 is 5.11 Å². The molecule has 0 amide bonds. The molecule has 0 saturated carbocycles. The number of aliphatic hydroxyl groups excluding tert-OH is 1. The lowest BCUT2D eigenvalue weighted by Crippen LogP contribution is -2.25. The standard InChI is InChI=1S/C13H16ClN3O/c1-8(2)11(18)7-15-13-10-6-4-3-5-9(10)12(14)16-17-13/h3-6,8,11,18H,7H2,1-2H3,(H,15,17). The Morgan fingerprint density at radius 3 is 2.56 bits per heavy atom. The van der Waals surface area contributed by atoms with Crippen LogP contribution in [0.15, 0.2) is 24.3 Å². The molecular weight excluding hydrogens is 250 g/mol. The molecule has 0 spiro atoms. The van der Waals surface area contributed by atoms with Gasteiger partial charge in [0.2, 0.25) is 0 Å². The van der Waals surface area contributed by atoms with Crippen LogP contribution in [0.25, 0.3) is 10.8 Å². The zero-order chi connectivity index (χ0) is 13.1. The maximum Gasteiger partial charge on any atom is 0.159 e. The number of benzene rings is 1. The molecule has 0 bridgehead atoms. The van der Waals surface area contributed by atoms with Crippen molar-refractivity contribution in [2.45, 2.75) is 20.0 Å². The first-order valence-electron chi connectivity index (χ1n) is 5.92. The Morgan fingerprint density at radius 1 is 1.22 bits per heavy atom. The van der Waals surface area contributed by atoms with E-state index in [1.165, 1.54) is 0 Å². The van der Waals surface area contributed by atoms with Crippen LogP contribution in [0.4, 0.5) is 5.82 Å². The van der Waals surface area contributed by atoms with Crippen LogP contribution in [0, 0.1) is 5.92 Å². The summed E-state index contributed by atoms with van der Waals surface area (Å²) in [6.07, 6.45) is -0.416. The Balaban J connectivity index is 2.26. The summed E-state index contributed by atoms with van der Waals surface area (Å²) in [5.74, 6) is 0.846. The second-order valence-electron chi connectivity index (χ2n) is 4.58. The minimum Gasteiger partial charge on any atom is -0.391 e. The van der Waals surface area contributed by atoms with Gasteiger partial charge in [-0.25, -0.2) is 0 Å². The average molecular weight is 266 g/mol. The summed E-state index contributed by atoms with van der Waals surface area (Å²) >= 11 is 5.99. The zero-order valence-corrected chi connectivity index (χ0v) is 11.1. The fraction of sp³-hybridized carbons (Fsp3) is 0.385. The quantitative estimate of drug-likeness (QED) is 0.892. The number of aliphatic hydroxyl groups is 1. The van der Waals surface area contributed by atoms with Crippen molar-refractivity contribution in [3.63, 3.8) is 0 Å². The molecular formula is C13H16ClN3O. The molecule has 1 unspecified atom stereocenters. The number of rotatable bonds is 4. The highest BCUT2D eigenvalue weighted by atomic mass is 35.5. The molecule has 1 aromatic carbocycles. The number of nitrogens with zero attached hydrogens (tertiary/aromatic N) is 2. The molecule has 2 N–H and O–H groups in total. The third kappa shape index (κ3) is 2.71. The fourth-order valence-electron chi connectivity index (χ4n) is 1.64. The van der Waals surface area contributed by atoms with E-state index in [1.807, 2.05) is 38.1 Å². The molecule has 2 rings (SSSR count). The van der Waals surface area contributed by atoms with E-state index >= 15 is 0 Å². The summed E-state index contributed by atoms with van der Waals surface area (Å²) in [5.41, 5.74) is 0. The molecule has 0 saturated heterocycles. The van der Waals surface area contributed by atoms with Crippen LogP contribution in [0.5, 0.6) is 0 Å². The number of fused-ring (bicyclic) bond motifs is 1. The lowest BCUT2D eigenvalue weighted by molar-refractivity contribution is 0.138. The summed E-state index contributed by atoms with van der Waals surface area (Å²) in [7, 11) is 0. The van der Waals surface area contributed by atoms with Crippen molar-refractivity contribution in [3.8, 4) is 0 Å². The molecule has 0 aliphatic carbocycles. The summed E-state index contributed by atoms with van der Waals surface area (Å²) < 4.78 is 0. The van der Waals surface area contributed by atoms with Gasteiger partial charge in [-0.05, 0) is 5.92 Å². The van der Waals surface area contributed by atoms with Gasteiger partial charge in [-0.3, -0.25) is 0 Å². The Morgan fingerprint density at radius 2 is 1.89 bits per heavy atom. The lowest BCUT2D eigenvalue weighted by atomic mass is 10.1. The molecule has 0 aliphatic heterocycles. The van der Waals surface area contributed by atoms with Crippen LogP contribution in [0.1, 0.15) is 13.8 Å². The van der Waals surface area contributed by atoms with Crippen LogP contribution in [-0.4, -0.2) is 28.0 Å². The highest BCUT2D eigenvalue weighted by molar-refractivity contribution is 6.34. The van der Waals surface area contributed by atoms with Crippen molar-refractivity contribution in [1.29, 1.82) is 0 Å². The number of hydrogen-bond donors (Lipinski definition) is 2. The van der Waals surface area contributed by atoms with Crippen molar-refractivity contribution >= 4 is 28.2 Å². The van der Waals surface area contributed by atoms with E-state index in [0.29, 0.717) is 17.5 Å². The number of hydrogen-bond acceptors (Lipinski definition) is 4. The smallest absolute Gasteiger partial charge is 0.159 e. The van der Waals surface area contributed by atoms with E-state index in [9.17, 15) is 5.11 Å². The molecule has 4 nitrogen and oxygen atoms in total. The van der Waals surface area contributed by atoms with Crippen LogP contribution < -0.4 is 5.32 Å². The van der Waals surface area contributed by atoms with Crippen LogP contribution in [0.2, 0.25) is 5.15 Å². The maximum atomic E-state index is 9.78. The minimum absolute atomic E-state index is 0.198. The molecule has 18 heavy (non-hydrogen) atoms. The molecule has 0 fully saturated rings. The van der Waals surface area contributed by atoms with E-state index in [2.05, 4.69) is 15.5 Å². The first kappa shape index (κ1) is 13.1. The molecule has 1 aromatic heterocycles. The molecule has 0 radical (unpaired) electrons. The molecule has 1 heterocycles. The topological polar surface area (TPSA) is 58.0 Å². The first-order valence-corrected chi connectivity index (χ1v) is 6.30. The first-order chi connectivity index (χ1) is 8.59. The number of nitrogens with one attached hydrogen (secondary N) is 1. The largest absolute Gasteiger partial charge is 0.391 e. The van der Waals surface area contributed by atoms with Crippen molar-refractivity contribution in [2.24, 2.45) is 5.92 Å². The van der Waals surface area contributed by atoms with Gasteiger partial charge in [0.1, 0.15) is 0 Å². The van der Waals surface area contributed by atoms with Gasteiger partial charge in [0.15, 0.2) is 11.0 Å². The Labute approximate surface area is 111 Å². The summed E-state index contributed by atoms with van der Waals surface area (Å²) in [5, 5.41) is 23.0. The summed E-state index contributed by atoms with van der Waals surface area (Å²) in [4.78, 5) is 0. The van der Waals surface area contributed by atoms with Gasteiger partial charge in [0.25, 0.3) is 0 Å². The van der Waals surface area contributed by atoms with Gasteiger partial charge < -0.3 is 10.4 Å². The summed E-state index contributed by atoms with van der Waals surface area (Å²) in [6, 6.07) is 7.66. The predicted molar refractivity (Wildman–Crippen MR) is 73.9 cm³/mol. The highest BCUT2D eigenvalue weighted by Crippen LogP contribution is 2.25. The second kappa shape index (κ2) is 5.50. The van der Waals surface area contributed by atoms with Gasteiger partial charge in [0, 0.05) is 17.3 Å². The van der Waals surface area contributed by atoms with Crippen LogP contribution >= 0.6 is 11.6 Å².